The van der Waals surface area contributed by atoms with Gasteiger partial charge in [-0.3, -0.25) is 4.79 Å². The zero-order valence-electron chi connectivity index (χ0n) is 6.88. The molecule has 14 heavy (non-hydrogen) atoms. The number of carbonyl (C=O) groups excluding carboxylic acids is 1. The lowest BCUT2D eigenvalue weighted by molar-refractivity contribution is -0.140. The molecule has 3 N–H and O–H groups in total. The Labute approximate surface area is 82.7 Å². The van der Waals surface area contributed by atoms with E-state index in [4.69, 9.17) is 10.2 Å². The molecule has 0 fully saturated rings. The van der Waals surface area contributed by atoms with E-state index < -0.39 is 24.5 Å². The third-order valence-corrected chi connectivity index (χ3v) is 1.86. The van der Waals surface area contributed by atoms with E-state index in [1.54, 1.807) is 0 Å². The van der Waals surface area contributed by atoms with Crippen LogP contribution in [-0.4, -0.2) is 43.5 Å². The fourth-order valence-corrected chi connectivity index (χ4v) is 1.09. The fraction of sp³-hybridized carbons (Fsp3) is 0.333. The lowest BCUT2D eigenvalue weighted by Crippen LogP contribution is -2.43. The molecule has 76 valence electrons. The molecule has 7 nitrogen and oxygen atoms in total. The number of nitrogens with zero attached hydrogens (tertiary/aromatic N) is 2. The van der Waals surface area contributed by atoms with Crippen LogP contribution in [0.2, 0.25) is 0 Å². The van der Waals surface area contributed by atoms with Crippen molar-refractivity contribution in [3.05, 3.63) is 11.9 Å². The van der Waals surface area contributed by atoms with Gasteiger partial charge in [-0.2, -0.15) is 8.75 Å². The molecular weight excluding hydrogens is 210 g/mol. The highest BCUT2D eigenvalue weighted by molar-refractivity contribution is 6.99. The van der Waals surface area contributed by atoms with Gasteiger partial charge < -0.3 is 15.5 Å². The second-order valence-corrected chi connectivity index (χ2v) is 2.90. The van der Waals surface area contributed by atoms with Crippen LogP contribution in [0.4, 0.5) is 0 Å². The Morgan fingerprint density at radius 3 is 2.79 bits per heavy atom. The summed E-state index contributed by atoms with van der Waals surface area (Å²) in [6.45, 7) is -0.668. The molecule has 0 aliphatic rings. The number of aromatic nitrogens is 2. The molecule has 0 spiro atoms. The lowest BCUT2D eigenvalue weighted by Gasteiger charge is -2.09. The van der Waals surface area contributed by atoms with Gasteiger partial charge in [0.05, 0.1) is 24.5 Å². The summed E-state index contributed by atoms with van der Waals surface area (Å²) in [5.74, 6) is -1.97. The van der Waals surface area contributed by atoms with E-state index in [1.807, 2.05) is 0 Å². The van der Waals surface area contributed by atoms with E-state index in [2.05, 4.69) is 14.1 Å². The van der Waals surface area contributed by atoms with Gasteiger partial charge in [-0.15, -0.1) is 0 Å². The maximum Gasteiger partial charge on any atom is 0.328 e. The number of carboxylic acids is 1. The van der Waals surface area contributed by atoms with Gasteiger partial charge in [0, 0.05) is 0 Å². The van der Waals surface area contributed by atoms with Gasteiger partial charge >= 0.3 is 5.97 Å². The first-order chi connectivity index (χ1) is 6.65. The van der Waals surface area contributed by atoms with E-state index in [0.29, 0.717) is 0 Å². The predicted octanol–water partition coefficient (Wildman–Crippen LogP) is -1.29. The van der Waals surface area contributed by atoms with Crippen molar-refractivity contribution in [2.24, 2.45) is 0 Å². The van der Waals surface area contributed by atoms with Crippen molar-refractivity contribution in [2.75, 3.05) is 6.61 Å². The van der Waals surface area contributed by atoms with Gasteiger partial charge in [0.25, 0.3) is 5.91 Å². The molecule has 1 aromatic heterocycles. The molecule has 0 radical (unpaired) electrons. The zero-order valence-corrected chi connectivity index (χ0v) is 7.69. The first-order valence-corrected chi connectivity index (χ1v) is 4.30. The number of hydrogen-bond donors (Lipinski definition) is 3. The predicted molar refractivity (Wildman–Crippen MR) is 45.9 cm³/mol. The van der Waals surface area contributed by atoms with Crippen molar-refractivity contribution >= 4 is 23.6 Å². The van der Waals surface area contributed by atoms with Crippen molar-refractivity contribution in [1.29, 1.82) is 0 Å². The summed E-state index contributed by atoms with van der Waals surface area (Å²) in [5, 5.41) is 19.2. The van der Waals surface area contributed by atoms with Crippen LogP contribution in [0.25, 0.3) is 0 Å². The molecule has 0 saturated heterocycles. The normalized spacial score (nSPS) is 12.1. The van der Waals surface area contributed by atoms with Crippen LogP contribution in [0.1, 0.15) is 10.5 Å². The molecule has 1 atom stereocenters. The van der Waals surface area contributed by atoms with Gasteiger partial charge in [0.15, 0.2) is 11.7 Å². The Hall–Kier alpha value is -1.54. The van der Waals surface area contributed by atoms with E-state index in [9.17, 15) is 9.59 Å². The van der Waals surface area contributed by atoms with Gasteiger partial charge in [-0.1, -0.05) is 0 Å². The van der Waals surface area contributed by atoms with Crippen LogP contribution < -0.4 is 5.32 Å². The lowest BCUT2D eigenvalue weighted by atomic mass is 10.3. The van der Waals surface area contributed by atoms with E-state index in [-0.39, 0.29) is 5.69 Å². The van der Waals surface area contributed by atoms with Gasteiger partial charge in [-0.05, 0) is 0 Å². The average molecular weight is 217 g/mol. The summed E-state index contributed by atoms with van der Waals surface area (Å²) in [6, 6.07) is -1.32. The van der Waals surface area contributed by atoms with E-state index in [0.717, 1.165) is 11.7 Å². The Kier molecular flexibility index (Phi) is 3.48. The van der Waals surface area contributed by atoms with Crippen molar-refractivity contribution in [2.45, 2.75) is 6.04 Å². The number of nitrogens with one attached hydrogen (secondary N) is 1. The number of carbonyl (C=O) groups is 2. The fourth-order valence-electron chi connectivity index (χ4n) is 0.682. The Morgan fingerprint density at radius 1 is 1.64 bits per heavy atom. The molecular formula is C6H7N3O4S. The number of hydrogen-bond acceptors (Lipinski definition) is 6. The minimum absolute atomic E-state index is 0.0368. The number of rotatable bonds is 4. The summed E-state index contributed by atoms with van der Waals surface area (Å²) in [7, 11) is 0. The topological polar surface area (TPSA) is 112 Å². The summed E-state index contributed by atoms with van der Waals surface area (Å²) in [6.07, 6.45) is 1.22. The summed E-state index contributed by atoms with van der Waals surface area (Å²) < 4.78 is 7.19. The Balaban J connectivity index is 2.60. The van der Waals surface area contributed by atoms with E-state index >= 15 is 0 Å². The molecule has 0 aliphatic heterocycles. The summed E-state index contributed by atoms with van der Waals surface area (Å²) in [4.78, 5) is 21.6. The van der Waals surface area contributed by atoms with Crippen LogP contribution in [-0.2, 0) is 4.79 Å². The third kappa shape index (κ3) is 2.47. The summed E-state index contributed by atoms with van der Waals surface area (Å²) >= 11 is 0.840. The Bertz CT molecular complexity index is 326. The molecule has 8 heteroatoms. The highest BCUT2D eigenvalue weighted by atomic mass is 32.1. The van der Waals surface area contributed by atoms with Crippen LogP contribution in [0.5, 0.6) is 0 Å². The van der Waals surface area contributed by atoms with Crippen molar-refractivity contribution in [3.63, 3.8) is 0 Å². The van der Waals surface area contributed by atoms with Gasteiger partial charge in [0.2, 0.25) is 0 Å². The zero-order chi connectivity index (χ0) is 10.6. The molecule has 1 amide bonds. The van der Waals surface area contributed by atoms with E-state index in [1.165, 1.54) is 6.20 Å². The highest BCUT2D eigenvalue weighted by Gasteiger charge is 2.20. The molecule has 0 aromatic carbocycles. The third-order valence-electron chi connectivity index (χ3n) is 1.38. The van der Waals surface area contributed by atoms with Crippen molar-refractivity contribution in [1.82, 2.24) is 14.1 Å². The average Bonchev–Trinajstić information content (AvgIpc) is 2.65. The SMILES string of the molecule is O=C(N[C@H](CO)C(=O)O)c1cnsn1. The molecule has 0 aliphatic carbocycles. The smallest absolute Gasteiger partial charge is 0.328 e. The number of aliphatic hydroxyl groups excluding tert-OH is 1. The minimum Gasteiger partial charge on any atom is -0.480 e. The molecule has 1 rings (SSSR count). The molecule has 0 bridgehead atoms. The van der Waals surface area contributed by atoms with Crippen LogP contribution in [0, 0.1) is 0 Å². The molecule has 0 unspecified atom stereocenters. The number of amides is 1. The van der Waals surface area contributed by atoms with Crippen LogP contribution in [0.3, 0.4) is 0 Å². The monoisotopic (exact) mass is 217 g/mol. The summed E-state index contributed by atoms with van der Waals surface area (Å²) in [5.41, 5.74) is 0.0368. The molecule has 0 saturated carbocycles. The molecule has 1 aromatic rings. The number of carboxylic acid groups (broad SMARTS) is 1. The van der Waals surface area contributed by atoms with Crippen LogP contribution in [0.15, 0.2) is 6.20 Å². The standard InChI is InChI=1S/C6H7N3O4S/c10-2-4(6(12)13)8-5(11)3-1-7-14-9-3/h1,4,10H,2H2,(H,8,11)(H,12,13)/t4-/m1/s1. The van der Waals surface area contributed by atoms with Crippen molar-refractivity contribution in [3.8, 4) is 0 Å². The van der Waals surface area contributed by atoms with Gasteiger partial charge in [-0.25, -0.2) is 4.79 Å². The second kappa shape index (κ2) is 4.63. The minimum atomic E-state index is -1.32. The van der Waals surface area contributed by atoms with Gasteiger partial charge in [0.1, 0.15) is 0 Å². The largest absolute Gasteiger partial charge is 0.480 e. The molecule has 1 heterocycles. The first kappa shape index (κ1) is 10.5. The first-order valence-electron chi connectivity index (χ1n) is 3.57. The van der Waals surface area contributed by atoms with Crippen LogP contribution >= 0.6 is 11.7 Å². The van der Waals surface area contributed by atoms with Crippen molar-refractivity contribution < 1.29 is 19.8 Å². The quantitative estimate of drug-likeness (QED) is 0.578. The number of aliphatic hydroxyl groups is 1. The second-order valence-electron chi connectivity index (χ2n) is 2.34. The maximum atomic E-state index is 11.2. The Morgan fingerprint density at radius 2 is 2.36 bits per heavy atom. The highest BCUT2D eigenvalue weighted by Crippen LogP contribution is 1.95. The number of aliphatic carboxylic acids is 1. The maximum absolute atomic E-state index is 11.2.